The van der Waals surface area contributed by atoms with E-state index in [9.17, 15) is 0 Å². The van der Waals surface area contributed by atoms with Gasteiger partial charge in [0.15, 0.2) is 0 Å². The second kappa shape index (κ2) is 4.63. The molecule has 0 saturated heterocycles. The van der Waals surface area contributed by atoms with Gasteiger partial charge in [0.1, 0.15) is 6.33 Å². The lowest BCUT2D eigenvalue weighted by molar-refractivity contribution is 0.688. The first-order valence-electron chi connectivity index (χ1n) is 5.99. The molecule has 1 N–H and O–H groups in total. The summed E-state index contributed by atoms with van der Waals surface area (Å²) in [7, 11) is 0. The molecule has 1 heterocycles. The van der Waals surface area contributed by atoms with E-state index in [1.807, 2.05) is 12.4 Å². The molecular formula is C14H15N3. The average molecular weight is 225 g/mol. The third-order valence-electron chi connectivity index (χ3n) is 2.99. The third-order valence-corrected chi connectivity index (χ3v) is 2.99. The Labute approximate surface area is 101 Å². The van der Waals surface area contributed by atoms with Crippen LogP contribution in [0.3, 0.4) is 0 Å². The van der Waals surface area contributed by atoms with E-state index in [2.05, 4.69) is 39.6 Å². The molecule has 0 aliphatic heterocycles. The van der Waals surface area contributed by atoms with Gasteiger partial charge in [-0.15, -0.1) is 0 Å². The highest BCUT2D eigenvalue weighted by molar-refractivity contribution is 5.62. The lowest BCUT2D eigenvalue weighted by Crippen LogP contribution is -2.15. The second-order valence-electron chi connectivity index (χ2n) is 4.48. The molecule has 2 aromatic rings. The van der Waals surface area contributed by atoms with Crippen LogP contribution in [0.25, 0.3) is 11.1 Å². The highest BCUT2D eigenvalue weighted by atomic mass is 14.9. The van der Waals surface area contributed by atoms with E-state index in [0.29, 0.717) is 0 Å². The maximum absolute atomic E-state index is 4.05. The lowest BCUT2D eigenvalue weighted by Gasteiger charge is -2.06. The minimum atomic E-state index is 0.749. The van der Waals surface area contributed by atoms with Gasteiger partial charge in [0.05, 0.1) is 0 Å². The van der Waals surface area contributed by atoms with Crippen LogP contribution in [-0.4, -0.2) is 16.0 Å². The van der Waals surface area contributed by atoms with Crippen LogP contribution in [0.4, 0.5) is 0 Å². The Morgan fingerprint density at radius 3 is 2.71 bits per heavy atom. The van der Waals surface area contributed by atoms with Crippen LogP contribution in [-0.2, 0) is 6.54 Å². The van der Waals surface area contributed by atoms with Crippen molar-refractivity contribution in [2.75, 3.05) is 0 Å². The smallest absolute Gasteiger partial charge is 0.115 e. The summed E-state index contributed by atoms with van der Waals surface area (Å²) in [6.45, 7) is 0.951. The summed E-state index contributed by atoms with van der Waals surface area (Å²) in [6.07, 6.45) is 7.90. The van der Waals surface area contributed by atoms with Gasteiger partial charge in [-0.3, -0.25) is 0 Å². The van der Waals surface area contributed by atoms with Crippen LogP contribution in [0.1, 0.15) is 18.4 Å². The van der Waals surface area contributed by atoms with Crippen LogP contribution < -0.4 is 5.32 Å². The minimum Gasteiger partial charge on any atom is -0.310 e. The molecule has 86 valence electrons. The summed E-state index contributed by atoms with van der Waals surface area (Å²) in [5.41, 5.74) is 3.57. The first-order valence-corrected chi connectivity index (χ1v) is 5.99. The number of aromatic nitrogens is 2. The maximum atomic E-state index is 4.05. The molecule has 0 amide bonds. The Morgan fingerprint density at radius 2 is 1.94 bits per heavy atom. The van der Waals surface area contributed by atoms with Gasteiger partial charge in [-0.05, 0) is 30.0 Å². The predicted molar refractivity (Wildman–Crippen MR) is 67.3 cm³/mol. The van der Waals surface area contributed by atoms with Crippen molar-refractivity contribution in [3.63, 3.8) is 0 Å². The number of benzene rings is 1. The first kappa shape index (κ1) is 10.4. The second-order valence-corrected chi connectivity index (χ2v) is 4.48. The summed E-state index contributed by atoms with van der Waals surface area (Å²) in [5, 5.41) is 3.52. The standard InChI is InChI=1S/C14H15N3/c1-2-11(7-17-14-4-5-14)6-12(3-1)13-8-15-10-16-9-13/h1-3,6,8-10,14,17H,4-5,7H2. The van der Waals surface area contributed by atoms with Crippen molar-refractivity contribution < 1.29 is 0 Å². The Morgan fingerprint density at radius 1 is 1.12 bits per heavy atom. The molecule has 17 heavy (non-hydrogen) atoms. The lowest BCUT2D eigenvalue weighted by atomic mass is 10.1. The summed E-state index contributed by atoms with van der Waals surface area (Å²) < 4.78 is 0. The topological polar surface area (TPSA) is 37.8 Å². The summed E-state index contributed by atoms with van der Waals surface area (Å²) >= 11 is 0. The van der Waals surface area contributed by atoms with Crippen molar-refractivity contribution in [1.29, 1.82) is 0 Å². The molecule has 3 heteroatoms. The average Bonchev–Trinajstić information content (AvgIpc) is 3.22. The molecule has 0 atom stereocenters. The normalized spacial score (nSPS) is 14.8. The molecule has 1 aromatic carbocycles. The van der Waals surface area contributed by atoms with Crippen LogP contribution in [0.5, 0.6) is 0 Å². The molecule has 0 bridgehead atoms. The Bertz CT molecular complexity index is 492. The highest BCUT2D eigenvalue weighted by Gasteiger charge is 2.19. The summed E-state index contributed by atoms with van der Waals surface area (Å²) in [4.78, 5) is 8.10. The zero-order valence-corrected chi connectivity index (χ0v) is 9.63. The van der Waals surface area contributed by atoms with E-state index in [0.717, 1.165) is 18.2 Å². The fraction of sp³-hybridized carbons (Fsp3) is 0.286. The van der Waals surface area contributed by atoms with Crippen LogP contribution in [0.15, 0.2) is 43.0 Å². The van der Waals surface area contributed by atoms with E-state index in [1.165, 1.54) is 24.0 Å². The molecule has 1 saturated carbocycles. The van der Waals surface area contributed by atoms with Crippen molar-refractivity contribution in [1.82, 2.24) is 15.3 Å². The van der Waals surface area contributed by atoms with Crippen LogP contribution in [0, 0.1) is 0 Å². The Hall–Kier alpha value is -1.74. The number of nitrogens with zero attached hydrogens (tertiary/aromatic N) is 2. The van der Waals surface area contributed by atoms with Crippen molar-refractivity contribution in [2.45, 2.75) is 25.4 Å². The Balaban J connectivity index is 1.78. The molecule has 1 aliphatic rings. The molecule has 0 unspecified atom stereocenters. The van der Waals surface area contributed by atoms with Crippen molar-refractivity contribution in [3.8, 4) is 11.1 Å². The van der Waals surface area contributed by atoms with E-state index >= 15 is 0 Å². The fourth-order valence-corrected chi connectivity index (χ4v) is 1.86. The van der Waals surface area contributed by atoms with E-state index < -0.39 is 0 Å². The fourth-order valence-electron chi connectivity index (χ4n) is 1.86. The van der Waals surface area contributed by atoms with Gasteiger partial charge in [0, 0.05) is 30.5 Å². The van der Waals surface area contributed by atoms with Gasteiger partial charge < -0.3 is 5.32 Å². The predicted octanol–water partition coefficient (Wildman–Crippen LogP) is 2.40. The molecule has 1 aliphatic carbocycles. The largest absolute Gasteiger partial charge is 0.310 e. The number of rotatable bonds is 4. The van der Waals surface area contributed by atoms with Crippen molar-refractivity contribution >= 4 is 0 Å². The van der Waals surface area contributed by atoms with Gasteiger partial charge in [0.2, 0.25) is 0 Å². The third kappa shape index (κ3) is 2.68. The molecular weight excluding hydrogens is 210 g/mol. The SMILES string of the molecule is c1cc(CNC2CC2)cc(-c2cncnc2)c1. The van der Waals surface area contributed by atoms with Gasteiger partial charge in [-0.25, -0.2) is 9.97 Å². The van der Waals surface area contributed by atoms with Crippen molar-refractivity contribution in [2.24, 2.45) is 0 Å². The molecule has 1 aromatic heterocycles. The summed E-state index contributed by atoms with van der Waals surface area (Å²) in [6, 6.07) is 9.29. The Kier molecular flexibility index (Phi) is 2.84. The van der Waals surface area contributed by atoms with E-state index in [1.54, 1.807) is 6.33 Å². The van der Waals surface area contributed by atoms with Gasteiger partial charge >= 0.3 is 0 Å². The zero-order chi connectivity index (χ0) is 11.5. The number of nitrogens with one attached hydrogen (secondary N) is 1. The monoisotopic (exact) mass is 225 g/mol. The molecule has 0 spiro atoms. The van der Waals surface area contributed by atoms with E-state index in [4.69, 9.17) is 0 Å². The molecule has 3 nitrogen and oxygen atoms in total. The van der Waals surface area contributed by atoms with E-state index in [-0.39, 0.29) is 0 Å². The highest BCUT2D eigenvalue weighted by Crippen LogP contribution is 2.21. The van der Waals surface area contributed by atoms with Gasteiger partial charge in [-0.2, -0.15) is 0 Å². The van der Waals surface area contributed by atoms with Gasteiger partial charge in [-0.1, -0.05) is 18.2 Å². The molecule has 0 radical (unpaired) electrons. The zero-order valence-electron chi connectivity index (χ0n) is 9.63. The molecule has 1 fully saturated rings. The summed E-state index contributed by atoms with van der Waals surface area (Å²) in [5.74, 6) is 0. The van der Waals surface area contributed by atoms with Crippen molar-refractivity contribution in [3.05, 3.63) is 48.5 Å². The van der Waals surface area contributed by atoms with Crippen LogP contribution >= 0.6 is 0 Å². The van der Waals surface area contributed by atoms with Crippen LogP contribution in [0.2, 0.25) is 0 Å². The molecule has 3 rings (SSSR count). The maximum Gasteiger partial charge on any atom is 0.115 e. The quantitative estimate of drug-likeness (QED) is 0.868. The number of hydrogen-bond donors (Lipinski definition) is 1. The van der Waals surface area contributed by atoms with Gasteiger partial charge in [0.25, 0.3) is 0 Å². The number of hydrogen-bond acceptors (Lipinski definition) is 3. The minimum absolute atomic E-state index is 0.749. The first-order chi connectivity index (χ1) is 8.42.